The van der Waals surface area contributed by atoms with E-state index in [0.717, 1.165) is 83.1 Å². The van der Waals surface area contributed by atoms with Crippen molar-refractivity contribution in [3.05, 3.63) is 251 Å². The molecule has 0 radical (unpaired) electrons. The molecule has 15 rings (SSSR count). The number of rotatable bonds is 9. The van der Waals surface area contributed by atoms with E-state index in [4.69, 9.17) is 19.4 Å². The van der Waals surface area contributed by atoms with Crippen molar-refractivity contribution in [2.45, 2.75) is 69.7 Å². The second-order valence-corrected chi connectivity index (χ2v) is 22.5. The summed E-state index contributed by atoms with van der Waals surface area (Å²) in [6.45, 7) is 4.82. The second kappa shape index (κ2) is 18.0. The summed E-state index contributed by atoms with van der Waals surface area (Å²) in [5.74, 6) is 3.59. The van der Waals surface area contributed by atoms with Crippen LogP contribution in [0, 0.1) is 11.3 Å². The average Bonchev–Trinajstić information content (AvgIpc) is 4.26. The van der Waals surface area contributed by atoms with E-state index < -0.39 is 5.41 Å². The minimum absolute atomic E-state index is 0.0122. The summed E-state index contributed by atoms with van der Waals surface area (Å²) in [6, 6.07) is 68.0. The van der Waals surface area contributed by atoms with E-state index in [1.165, 1.54) is 60.1 Å². The highest BCUT2D eigenvalue weighted by molar-refractivity contribution is 6.08. The van der Waals surface area contributed by atoms with Crippen molar-refractivity contribution in [2.24, 2.45) is 11.3 Å². The van der Waals surface area contributed by atoms with Crippen molar-refractivity contribution in [2.75, 3.05) is 0 Å². The van der Waals surface area contributed by atoms with Gasteiger partial charge in [0.2, 0.25) is 0 Å². The lowest BCUT2D eigenvalue weighted by Gasteiger charge is -2.40. The van der Waals surface area contributed by atoms with Gasteiger partial charge in [-0.1, -0.05) is 207 Å². The molecule has 5 unspecified atom stereocenters. The van der Waals surface area contributed by atoms with Gasteiger partial charge in [-0.15, -0.1) is 0 Å². The molecule has 372 valence electrons. The van der Waals surface area contributed by atoms with Crippen LogP contribution in [0.2, 0.25) is 0 Å². The molecule has 8 aromatic carbocycles. The van der Waals surface area contributed by atoms with E-state index in [1.54, 1.807) is 0 Å². The molecule has 0 saturated carbocycles. The van der Waals surface area contributed by atoms with Gasteiger partial charge in [0.05, 0.1) is 17.0 Å². The molecule has 77 heavy (non-hydrogen) atoms. The zero-order chi connectivity index (χ0) is 51.2. The summed E-state index contributed by atoms with van der Waals surface area (Å²) >= 11 is 0. The van der Waals surface area contributed by atoms with Crippen LogP contribution in [0.1, 0.15) is 85.3 Å². The van der Waals surface area contributed by atoms with Gasteiger partial charge < -0.3 is 8.98 Å². The molecule has 3 heterocycles. The molecule has 5 atom stereocenters. The predicted octanol–water partition coefficient (Wildman–Crippen LogP) is 16.2. The van der Waals surface area contributed by atoms with Crippen LogP contribution in [0.4, 0.5) is 0 Å². The van der Waals surface area contributed by atoms with Gasteiger partial charge in [0.15, 0.2) is 11.6 Å². The van der Waals surface area contributed by atoms with Crippen molar-refractivity contribution in [1.29, 1.82) is 0 Å². The molecule has 3 aromatic heterocycles. The molecule has 5 nitrogen and oxygen atoms in total. The van der Waals surface area contributed by atoms with Crippen molar-refractivity contribution in [3.8, 4) is 45.0 Å². The third kappa shape index (κ3) is 7.46. The van der Waals surface area contributed by atoms with Crippen molar-refractivity contribution in [3.63, 3.8) is 0 Å². The maximum Gasteiger partial charge on any atom is 0.164 e. The van der Waals surface area contributed by atoms with Crippen LogP contribution in [-0.2, 0) is 18.3 Å². The zero-order valence-corrected chi connectivity index (χ0v) is 43.5. The maximum absolute atomic E-state index is 6.90. The molecular formula is C72H58N4O. The molecule has 0 N–H and O–H groups in total. The Morgan fingerprint density at radius 2 is 1.39 bits per heavy atom. The Balaban J connectivity index is 0.994. The molecule has 4 aliphatic rings. The Hall–Kier alpha value is -8.67. The average molecular weight is 995 g/mol. The second-order valence-electron chi connectivity index (χ2n) is 22.5. The lowest BCUT2D eigenvalue weighted by molar-refractivity contribution is 0.334. The fraction of sp³-hybridized carbons (Fsp3) is 0.181. The molecule has 0 aliphatic heterocycles. The van der Waals surface area contributed by atoms with Crippen LogP contribution in [0.5, 0.6) is 0 Å². The number of hydrogen-bond acceptors (Lipinski definition) is 4. The Morgan fingerprint density at radius 1 is 0.649 bits per heavy atom. The highest BCUT2D eigenvalue weighted by Crippen LogP contribution is 2.52. The van der Waals surface area contributed by atoms with Crippen LogP contribution in [0.3, 0.4) is 0 Å². The Labute approximate surface area is 449 Å². The lowest BCUT2D eigenvalue weighted by Crippen LogP contribution is -2.46. The molecule has 4 aliphatic carbocycles. The number of nitrogens with zero attached hydrogens (tertiary/aromatic N) is 4. The minimum atomic E-state index is -0.831. The summed E-state index contributed by atoms with van der Waals surface area (Å²) in [5, 5.41) is 7.44. The fourth-order valence-corrected chi connectivity index (χ4v) is 13.9. The zero-order valence-electron chi connectivity index (χ0n) is 43.5. The number of fused-ring (bicyclic) bond motifs is 12. The van der Waals surface area contributed by atoms with Gasteiger partial charge in [-0.3, -0.25) is 0 Å². The van der Waals surface area contributed by atoms with Gasteiger partial charge in [0.1, 0.15) is 17.2 Å². The monoisotopic (exact) mass is 994 g/mol. The molecule has 0 spiro atoms. The molecular weight excluding hydrogens is 937 g/mol. The van der Waals surface area contributed by atoms with Crippen molar-refractivity contribution >= 4 is 50.9 Å². The summed E-state index contributed by atoms with van der Waals surface area (Å²) < 4.78 is 9.56. The summed E-state index contributed by atoms with van der Waals surface area (Å²) in [5.41, 5.74) is 13.2. The van der Waals surface area contributed by atoms with E-state index in [0.29, 0.717) is 29.3 Å². The van der Waals surface area contributed by atoms with Crippen LogP contribution < -0.4 is 10.6 Å². The third-order valence-corrected chi connectivity index (χ3v) is 17.8. The number of furan rings is 1. The quantitative estimate of drug-likeness (QED) is 0.135. The molecule has 0 amide bonds. The first-order valence-corrected chi connectivity index (χ1v) is 27.7. The van der Waals surface area contributed by atoms with Gasteiger partial charge in [-0.05, 0) is 137 Å². The third-order valence-electron chi connectivity index (χ3n) is 17.8. The SMILES string of the molecule is CC12C=c3c(n(C4c5c(oc6ccccc56)C=CC4(C)c4nc(-c5cccc(-c6ccccc6)c5)nc(-c5cccc6c5-c5ccccc5CC6CCCc5ccccc5)n4)c4ccc5ccccc5c34)=CC1CC=CC2. The molecule has 11 aromatic rings. The van der Waals surface area contributed by atoms with Crippen LogP contribution in [0.25, 0.3) is 95.9 Å². The normalized spacial score (nSPS) is 20.9. The molecule has 0 saturated heterocycles. The number of hydrogen-bond donors (Lipinski definition) is 0. The molecule has 0 bridgehead atoms. The van der Waals surface area contributed by atoms with Gasteiger partial charge in [-0.2, -0.15) is 0 Å². The Morgan fingerprint density at radius 3 is 2.29 bits per heavy atom. The lowest BCUT2D eigenvalue weighted by atomic mass is 9.68. The molecule has 0 fully saturated rings. The first kappa shape index (κ1) is 45.7. The highest BCUT2D eigenvalue weighted by Gasteiger charge is 2.47. The van der Waals surface area contributed by atoms with Gasteiger partial charge in [0.25, 0.3) is 0 Å². The van der Waals surface area contributed by atoms with E-state index in [2.05, 4.69) is 243 Å². The van der Waals surface area contributed by atoms with Crippen molar-refractivity contribution in [1.82, 2.24) is 19.5 Å². The van der Waals surface area contributed by atoms with E-state index >= 15 is 0 Å². The number of aryl methyl sites for hydroxylation is 1. The van der Waals surface area contributed by atoms with Gasteiger partial charge in [0, 0.05) is 38.0 Å². The minimum Gasteiger partial charge on any atom is -0.456 e. The number of aromatic nitrogens is 4. The molecule has 5 heteroatoms. The van der Waals surface area contributed by atoms with E-state index in [1.807, 2.05) is 0 Å². The smallest absolute Gasteiger partial charge is 0.164 e. The topological polar surface area (TPSA) is 56.7 Å². The Kier molecular flexibility index (Phi) is 10.7. The van der Waals surface area contributed by atoms with Gasteiger partial charge >= 0.3 is 0 Å². The van der Waals surface area contributed by atoms with Crippen LogP contribution in [-0.4, -0.2) is 19.5 Å². The summed E-state index contributed by atoms with van der Waals surface area (Å²) in [4.78, 5) is 17.3. The fourth-order valence-electron chi connectivity index (χ4n) is 13.9. The largest absolute Gasteiger partial charge is 0.456 e. The first-order valence-electron chi connectivity index (χ1n) is 27.7. The Bertz CT molecular complexity index is 4350. The predicted molar refractivity (Wildman–Crippen MR) is 316 cm³/mol. The first-order chi connectivity index (χ1) is 37.9. The summed E-state index contributed by atoms with van der Waals surface area (Å²) in [7, 11) is 0. The van der Waals surface area contributed by atoms with Crippen LogP contribution in [0.15, 0.2) is 211 Å². The van der Waals surface area contributed by atoms with E-state index in [9.17, 15) is 0 Å². The number of allylic oxidation sites excluding steroid dienone is 3. The highest BCUT2D eigenvalue weighted by atomic mass is 16.3. The number of benzene rings is 8. The van der Waals surface area contributed by atoms with Gasteiger partial charge in [-0.25, -0.2) is 15.0 Å². The standard InChI is InChI=1S/C72H58N4O/c1-71-40-16-15-30-53(71)44-61-59(45-71)65-54-31-11-9-25-48(54)37-38-60(65)76(61)67-66-57-33-13-14-36-62(57)77-63(66)39-41-72(67,2)70-74-68(52-29-18-27-49(42-52)47-23-7-4-8-24-47)73-69(75-70)58-35-19-34-56-51(28-17-22-46-20-5-3-6-21-46)43-50-26-10-12-32-55(50)64(56)58/h3-16,18-21,23-27,29,31-39,41-42,44-45,51,53,67H,17,22,28,30,40,43H2,1-2H3. The number of para-hydroxylation sites is 1. The summed E-state index contributed by atoms with van der Waals surface area (Å²) in [6.07, 6.45) is 20.8. The van der Waals surface area contributed by atoms with Crippen molar-refractivity contribution < 1.29 is 4.42 Å². The van der Waals surface area contributed by atoms with Crippen LogP contribution >= 0.6 is 0 Å². The maximum atomic E-state index is 6.90. The van der Waals surface area contributed by atoms with E-state index in [-0.39, 0.29) is 11.5 Å².